The van der Waals surface area contributed by atoms with Crippen LogP contribution in [0.2, 0.25) is 0 Å². The number of urea groups is 1. The third-order valence-electron chi connectivity index (χ3n) is 4.17. The van der Waals surface area contributed by atoms with E-state index in [1.165, 1.54) is 13.2 Å². The van der Waals surface area contributed by atoms with Gasteiger partial charge in [-0.05, 0) is 12.5 Å². The van der Waals surface area contributed by atoms with Gasteiger partial charge in [0.2, 0.25) is 0 Å². The Labute approximate surface area is 187 Å². The number of halogens is 2. The van der Waals surface area contributed by atoms with Gasteiger partial charge in [-0.3, -0.25) is 0 Å². The number of rotatable bonds is 5. The summed E-state index contributed by atoms with van der Waals surface area (Å²) >= 11 is 0. The van der Waals surface area contributed by atoms with Gasteiger partial charge in [-0.1, -0.05) is 13.0 Å². The summed E-state index contributed by atoms with van der Waals surface area (Å²) in [5.74, 6) is -2.85. The van der Waals surface area contributed by atoms with Crippen LogP contribution in [0.4, 0.5) is 13.6 Å². The van der Waals surface area contributed by atoms with E-state index in [4.69, 9.17) is 4.74 Å². The molecule has 0 bridgehead atoms. The number of carboxylic acid groups (broad SMARTS) is 1. The van der Waals surface area contributed by atoms with E-state index in [0.717, 1.165) is 17.0 Å². The zero-order valence-corrected chi connectivity index (χ0v) is 17.5. The quantitative estimate of drug-likeness (QED) is 0.598. The number of methoxy groups -OCH3 is 1. The van der Waals surface area contributed by atoms with Crippen LogP contribution in [-0.2, 0) is 9.53 Å². The van der Waals surface area contributed by atoms with E-state index in [0.29, 0.717) is 6.42 Å². The van der Waals surface area contributed by atoms with Gasteiger partial charge in [0, 0.05) is 31.7 Å². The van der Waals surface area contributed by atoms with Gasteiger partial charge in [0.15, 0.2) is 0 Å². The van der Waals surface area contributed by atoms with E-state index in [-0.39, 0.29) is 69.9 Å². The Morgan fingerprint density at radius 3 is 2.64 bits per heavy atom. The first-order valence-corrected chi connectivity index (χ1v) is 7.63. The van der Waals surface area contributed by atoms with Gasteiger partial charge in [-0.15, -0.1) is 0 Å². The van der Waals surface area contributed by atoms with Crippen LogP contribution >= 0.6 is 0 Å². The summed E-state index contributed by atoms with van der Waals surface area (Å²) in [4.78, 5) is 24.7. The third kappa shape index (κ3) is 5.44. The van der Waals surface area contributed by atoms with Crippen molar-refractivity contribution in [2.45, 2.75) is 38.0 Å². The molecule has 1 saturated heterocycles. The molecule has 1 unspecified atom stereocenters. The van der Waals surface area contributed by atoms with Crippen LogP contribution in [0, 0.1) is 11.6 Å². The van der Waals surface area contributed by atoms with Gasteiger partial charge in [0.05, 0.1) is 24.2 Å². The number of nitrogens with zero attached hydrogens (tertiary/aromatic N) is 1. The maximum atomic E-state index is 13.9. The summed E-state index contributed by atoms with van der Waals surface area (Å²) in [5, 5.41) is 13.8. The molecule has 6 nitrogen and oxygen atoms in total. The molecule has 1 aromatic rings. The number of hydrogen-bond acceptors (Lipinski definition) is 4. The van der Waals surface area contributed by atoms with Crippen LogP contribution in [0.3, 0.4) is 0 Å². The van der Waals surface area contributed by atoms with Crippen molar-refractivity contribution >= 4 is 12.0 Å². The summed E-state index contributed by atoms with van der Waals surface area (Å²) in [6, 6.07) is 0.642. The first-order valence-electron chi connectivity index (χ1n) is 7.63. The standard InChI is InChI=1S/C16H20F2N2O4.K/c1-3-13(11-5-4-9(17)6-12(11)18)19-16(23)20-8-10(24-2)7-14(20)15(21)22;/h4-6,10,13-14H,3,7-8H2,1-2H3,(H,19,23)(H,21,22);/q;+1/p-1/t10-,13?,14+;/m1./s1. The molecular formula is C16H19F2KN2O4. The molecule has 9 heteroatoms. The fraction of sp³-hybridized carbons (Fsp3) is 0.500. The number of carbonyl (C=O) groups excluding carboxylic acids is 2. The predicted molar refractivity (Wildman–Crippen MR) is 78.8 cm³/mol. The maximum Gasteiger partial charge on any atom is 1.00 e. The number of ether oxygens (including phenoxy) is 1. The second-order valence-corrected chi connectivity index (χ2v) is 5.66. The molecule has 0 radical (unpaired) electrons. The number of carboxylic acids is 1. The monoisotopic (exact) mass is 380 g/mol. The van der Waals surface area contributed by atoms with Crippen molar-refractivity contribution in [3.63, 3.8) is 0 Å². The average Bonchev–Trinajstić information content (AvgIpc) is 2.98. The molecule has 1 heterocycles. The summed E-state index contributed by atoms with van der Waals surface area (Å²) in [7, 11) is 1.43. The van der Waals surface area contributed by atoms with Gasteiger partial charge in [-0.2, -0.15) is 0 Å². The first kappa shape index (κ1) is 22.5. The number of likely N-dealkylation sites (tertiary alicyclic amines) is 1. The summed E-state index contributed by atoms with van der Waals surface area (Å²) in [6.07, 6.45) is 0.0843. The zero-order chi connectivity index (χ0) is 17.9. The molecule has 1 N–H and O–H groups in total. The van der Waals surface area contributed by atoms with Crippen molar-refractivity contribution < 1.29 is 79.6 Å². The van der Waals surface area contributed by atoms with Crippen LogP contribution in [-0.4, -0.2) is 42.7 Å². The van der Waals surface area contributed by atoms with Crippen molar-refractivity contribution in [3.8, 4) is 0 Å². The minimum absolute atomic E-state index is 0. The Morgan fingerprint density at radius 1 is 1.44 bits per heavy atom. The van der Waals surface area contributed by atoms with E-state index in [1.807, 2.05) is 0 Å². The van der Waals surface area contributed by atoms with E-state index in [1.54, 1.807) is 6.92 Å². The number of aliphatic carboxylic acids is 1. The van der Waals surface area contributed by atoms with E-state index in [2.05, 4.69) is 5.32 Å². The van der Waals surface area contributed by atoms with Crippen LogP contribution in [0.5, 0.6) is 0 Å². The maximum absolute atomic E-state index is 13.9. The van der Waals surface area contributed by atoms with Crippen LogP contribution in [0.25, 0.3) is 0 Å². The number of nitrogens with one attached hydrogen (secondary N) is 1. The number of carbonyl (C=O) groups is 2. The van der Waals surface area contributed by atoms with Crippen molar-refractivity contribution in [2.24, 2.45) is 0 Å². The molecule has 1 aromatic carbocycles. The van der Waals surface area contributed by atoms with Crippen molar-refractivity contribution in [2.75, 3.05) is 13.7 Å². The fourth-order valence-electron chi connectivity index (χ4n) is 2.83. The molecule has 1 fully saturated rings. The SMILES string of the molecule is CCC(NC(=O)N1C[C@H](OC)C[C@H]1C(=O)[O-])c1ccc(F)cc1F.[K+]. The second-order valence-electron chi connectivity index (χ2n) is 5.66. The third-order valence-corrected chi connectivity index (χ3v) is 4.17. The molecule has 1 aliphatic heterocycles. The van der Waals surface area contributed by atoms with Crippen LogP contribution < -0.4 is 61.8 Å². The molecule has 0 aromatic heterocycles. The van der Waals surface area contributed by atoms with Crippen molar-refractivity contribution in [1.82, 2.24) is 10.2 Å². The van der Waals surface area contributed by atoms with Gasteiger partial charge in [0.25, 0.3) is 0 Å². The fourth-order valence-corrected chi connectivity index (χ4v) is 2.83. The molecule has 0 aliphatic carbocycles. The number of benzene rings is 1. The minimum atomic E-state index is -1.37. The molecule has 132 valence electrons. The zero-order valence-electron chi connectivity index (χ0n) is 14.4. The van der Waals surface area contributed by atoms with E-state index >= 15 is 0 Å². The molecule has 1 aliphatic rings. The molecule has 2 amide bonds. The smallest absolute Gasteiger partial charge is 0.548 e. The van der Waals surface area contributed by atoms with Gasteiger partial charge in [-0.25, -0.2) is 13.6 Å². The molecular weight excluding hydrogens is 361 g/mol. The van der Waals surface area contributed by atoms with Crippen molar-refractivity contribution in [3.05, 3.63) is 35.4 Å². The number of hydrogen-bond donors (Lipinski definition) is 1. The Hall–Kier alpha value is -0.584. The van der Waals surface area contributed by atoms with Gasteiger partial charge >= 0.3 is 57.4 Å². The van der Waals surface area contributed by atoms with Crippen LogP contribution in [0.15, 0.2) is 18.2 Å². The molecule has 2 rings (SSSR count). The Morgan fingerprint density at radius 2 is 2.12 bits per heavy atom. The molecule has 3 atom stereocenters. The normalized spacial score (nSPS) is 20.7. The second kappa shape index (κ2) is 9.93. The minimum Gasteiger partial charge on any atom is -0.548 e. The van der Waals surface area contributed by atoms with Gasteiger partial charge < -0.3 is 24.9 Å². The molecule has 0 saturated carbocycles. The average molecular weight is 380 g/mol. The Balaban J connectivity index is 0.00000312. The van der Waals surface area contributed by atoms with Gasteiger partial charge in [0.1, 0.15) is 11.6 Å². The topological polar surface area (TPSA) is 81.7 Å². The molecule has 25 heavy (non-hydrogen) atoms. The predicted octanol–water partition coefficient (Wildman–Crippen LogP) is -2.03. The Kier molecular flexibility index (Phi) is 8.92. The summed E-state index contributed by atoms with van der Waals surface area (Å²) in [5.41, 5.74) is 0.139. The number of amides is 2. The largest absolute Gasteiger partial charge is 1.00 e. The van der Waals surface area contributed by atoms with Crippen LogP contribution in [0.1, 0.15) is 31.4 Å². The molecule has 0 spiro atoms. The first-order chi connectivity index (χ1) is 11.4. The van der Waals surface area contributed by atoms with E-state index in [9.17, 15) is 23.5 Å². The Bertz CT molecular complexity index is 632. The summed E-state index contributed by atoms with van der Waals surface area (Å²) in [6.45, 7) is 1.83. The van der Waals surface area contributed by atoms with E-state index < -0.39 is 41.8 Å². The van der Waals surface area contributed by atoms with Crippen molar-refractivity contribution in [1.29, 1.82) is 0 Å². The summed E-state index contributed by atoms with van der Waals surface area (Å²) < 4.78 is 32.0.